The summed E-state index contributed by atoms with van der Waals surface area (Å²) in [6.07, 6.45) is 0.886. The maximum atomic E-state index is 11.9. The third kappa shape index (κ3) is 3.47. The number of carbonyl (C=O) groups excluding carboxylic acids is 1. The lowest BCUT2D eigenvalue weighted by molar-refractivity contribution is 0.251. The van der Waals surface area contributed by atoms with E-state index in [1.807, 2.05) is 30.3 Å². The van der Waals surface area contributed by atoms with E-state index in [0.717, 1.165) is 29.0 Å². The minimum Gasteiger partial charge on any atom is -0.493 e. The Balaban J connectivity index is 1.55. The SMILES string of the molecule is O=C(NCc1ccc(Cl)cc1)Nc1ccc2c(c1)CCO2. The first-order valence-corrected chi connectivity index (χ1v) is 7.13. The fourth-order valence-corrected chi connectivity index (χ4v) is 2.35. The number of ether oxygens (including phenoxy) is 1. The average Bonchev–Trinajstić information content (AvgIpc) is 2.94. The number of nitrogens with one attached hydrogen (secondary N) is 2. The predicted octanol–water partition coefficient (Wildman–Crippen LogP) is 3.60. The van der Waals surface area contributed by atoms with Crippen LogP contribution in [0.1, 0.15) is 11.1 Å². The summed E-state index contributed by atoms with van der Waals surface area (Å²) in [6.45, 7) is 1.17. The van der Waals surface area contributed by atoms with Crippen molar-refractivity contribution in [3.63, 3.8) is 0 Å². The van der Waals surface area contributed by atoms with Crippen LogP contribution >= 0.6 is 11.6 Å². The highest BCUT2D eigenvalue weighted by Crippen LogP contribution is 2.27. The van der Waals surface area contributed by atoms with Crippen molar-refractivity contribution < 1.29 is 9.53 Å². The van der Waals surface area contributed by atoms with Gasteiger partial charge in [0, 0.05) is 23.7 Å². The van der Waals surface area contributed by atoms with Gasteiger partial charge in [0.05, 0.1) is 6.61 Å². The number of rotatable bonds is 3. The first-order valence-electron chi connectivity index (χ1n) is 6.76. The Morgan fingerprint density at radius 2 is 2.00 bits per heavy atom. The lowest BCUT2D eigenvalue weighted by Crippen LogP contribution is -2.28. The molecule has 2 N–H and O–H groups in total. The molecule has 0 saturated carbocycles. The molecule has 2 aromatic rings. The highest BCUT2D eigenvalue weighted by atomic mass is 35.5. The minimum absolute atomic E-state index is 0.233. The second-order valence-corrected chi connectivity index (χ2v) is 5.29. The Morgan fingerprint density at radius 1 is 1.19 bits per heavy atom. The summed E-state index contributed by atoms with van der Waals surface area (Å²) < 4.78 is 5.43. The van der Waals surface area contributed by atoms with E-state index in [-0.39, 0.29) is 6.03 Å². The molecule has 0 aliphatic carbocycles. The highest BCUT2D eigenvalue weighted by molar-refractivity contribution is 6.30. The maximum absolute atomic E-state index is 11.9. The average molecular weight is 303 g/mol. The number of hydrogen-bond acceptors (Lipinski definition) is 2. The van der Waals surface area contributed by atoms with E-state index in [9.17, 15) is 4.79 Å². The van der Waals surface area contributed by atoms with Gasteiger partial charge in [0.15, 0.2) is 0 Å². The van der Waals surface area contributed by atoms with Crippen LogP contribution in [0, 0.1) is 0 Å². The Morgan fingerprint density at radius 3 is 2.81 bits per heavy atom. The summed E-state index contributed by atoms with van der Waals surface area (Å²) in [5.41, 5.74) is 2.90. The van der Waals surface area contributed by atoms with Gasteiger partial charge >= 0.3 is 6.03 Å². The van der Waals surface area contributed by atoms with Gasteiger partial charge in [-0.2, -0.15) is 0 Å². The standard InChI is InChI=1S/C16H15ClN2O2/c17-13-3-1-11(2-4-13)10-18-16(20)19-14-5-6-15-12(9-14)7-8-21-15/h1-6,9H,7-8,10H2,(H2,18,19,20). The highest BCUT2D eigenvalue weighted by Gasteiger charge is 2.12. The van der Waals surface area contributed by atoms with Gasteiger partial charge in [0.25, 0.3) is 0 Å². The largest absolute Gasteiger partial charge is 0.493 e. The first kappa shape index (κ1) is 13.8. The van der Waals surface area contributed by atoms with Gasteiger partial charge in [0.2, 0.25) is 0 Å². The zero-order valence-corrected chi connectivity index (χ0v) is 12.1. The van der Waals surface area contributed by atoms with Crippen molar-refractivity contribution >= 4 is 23.3 Å². The van der Waals surface area contributed by atoms with E-state index < -0.39 is 0 Å². The molecule has 0 aromatic heterocycles. The molecule has 4 nitrogen and oxygen atoms in total. The van der Waals surface area contributed by atoms with E-state index in [1.54, 1.807) is 12.1 Å². The zero-order chi connectivity index (χ0) is 14.7. The van der Waals surface area contributed by atoms with Crippen LogP contribution in [0.25, 0.3) is 0 Å². The first-order chi connectivity index (χ1) is 10.2. The number of urea groups is 1. The predicted molar refractivity (Wildman–Crippen MR) is 83.0 cm³/mol. The van der Waals surface area contributed by atoms with Crippen LogP contribution in [-0.2, 0) is 13.0 Å². The van der Waals surface area contributed by atoms with Crippen LogP contribution in [-0.4, -0.2) is 12.6 Å². The second-order valence-electron chi connectivity index (χ2n) is 4.86. The third-order valence-corrected chi connectivity index (χ3v) is 3.57. The van der Waals surface area contributed by atoms with Crippen LogP contribution in [0.15, 0.2) is 42.5 Å². The van der Waals surface area contributed by atoms with Gasteiger partial charge in [-0.25, -0.2) is 4.79 Å². The molecular weight excluding hydrogens is 288 g/mol. The molecule has 2 aromatic carbocycles. The number of hydrogen-bond donors (Lipinski definition) is 2. The molecule has 0 atom stereocenters. The molecule has 108 valence electrons. The smallest absolute Gasteiger partial charge is 0.319 e. The van der Waals surface area contributed by atoms with Crippen LogP contribution in [0.5, 0.6) is 5.75 Å². The van der Waals surface area contributed by atoms with Crippen LogP contribution < -0.4 is 15.4 Å². The molecule has 3 rings (SSSR count). The fraction of sp³-hybridized carbons (Fsp3) is 0.188. The number of anilines is 1. The molecule has 0 bridgehead atoms. The monoisotopic (exact) mass is 302 g/mol. The third-order valence-electron chi connectivity index (χ3n) is 3.31. The summed E-state index contributed by atoms with van der Waals surface area (Å²) in [5.74, 6) is 0.905. The van der Waals surface area contributed by atoms with Gasteiger partial charge < -0.3 is 15.4 Å². The van der Waals surface area contributed by atoms with Crippen molar-refractivity contribution in [2.45, 2.75) is 13.0 Å². The summed E-state index contributed by atoms with van der Waals surface area (Å²) >= 11 is 5.82. The van der Waals surface area contributed by atoms with E-state index in [0.29, 0.717) is 18.2 Å². The van der Waals surface area contributed by atoms with Crippen LogP contribution in [0.3, 0.4) is 0 Å². The number of benzene rings is 2. The normalized spacial score (nSPS) is 12.4. The lowest BCUT2D eigenvalue weighted by atomic mass is 10.1. The number of fused-ring (bicyclic) bond motifs is 1. The molecule has 1 aliphatic rings. The molecule has 0 fully saturated rings. The van der Waals surface area contributed by atoms with Gasteiger partial charge in [-0.1, -0.05) is 23.7 Å². The molecule has 1 aliphatic heterocycles. The molecular formula is C16H15ClN2O2. The zero-order valence-electron chi connectivity index (χ0n) is 11.4. The summed E-state index contributed by atoms with van der Waals surface area (Å²) in [7, 11) is 0. The van der Waals surface area contributed by atoms with Crippen molar-refractivity contribution in [3.05, 3.63) is 58.6 Å². The Kier molecular flexibility index (Phi) is 3.97. The van der Waals surface area contributed by atoms with Gasteiger partial charge in [-0.15, -0.1) is 0 Å². The molecule has 0 radical (unpaired) electrons. The van der Waals surface area contributed by atoms with Gasteiger partial charge in [0.1, 0.15) is 5.75 Å². The van der Waals surface area contributed by atoms with Crippen molar-refractivity contribution in [1.29, 1.82) is 0 Å². The molecule has 21 heavy (non-hydrogen) atoms. The van der Waals surface area contributed by atoms with Crippen molar-refractivity contribution in [2.24, 2.45) is 0 Å². The summed E-state index contributed by atoms with van der Waals surface area (Å²) in [6, 6.07) is 12.8. The fourth-order valence-electron chi connectivity index (χ4n) is 2.22. The molecule has 2 amide bonds. The number of carbonyl (C=O) groups is 1. The van der Waals surface area contributed by atoms with Crippen molar-refractivity contribution in [1.82, 2.24) is 5.32 Å². The maximum Gasteiger partial charge on any atom is 0.319 e. The molecule has 0 spiro atoms. The Labute approximate surface area is 128 Å². The number of amides is 2. The summed E-state index contributed by atoms with van der Waals surface area (Å²) in [4.78, 5) is 11.9. The van der Waals surface area contributed by atoms with E-state index in [2.05, 4.69) is 10.6 Å². The molecule has 0 saturated heterocycles. The molecule has 0 unspecified atom stereocenters. The topological polar surface area (TPSA) is 50.4 Å². The van der Waals surface area contributed by atoms with Gasteiger partial charge in [-0.05, 0) is 41.5 Å². The number of halogens is 1. The minimum atomic E-state index is -0.233. The van der Waals surface area contributed by atoms with E-state index >= 15 is 0 Å². The Bertz CT molecular complexity index is 656. The lowest BCUT2D eigenvalue weighted by Gasteiger charge is -2.09. The van der Waals surface area contributed by atoms with E-state index in [4.69, 9.17) is 16.3 Å². The van der Waals surface area contributed by atoms with Crippen molar-refractivity contribution in [2.75, 3.05) is 11.9 Å². The van der Waals surface area contributed by atoms with E-state index in [1.165, 1.54) is 0 Å². The van der Waals surface area contributed by atoms with Crippen molar-refractivity contribution in [3.8, 4) is 5.75 Å². The molecule has 5 heteroatoms. The summed E-state index contributed by atoms with van der Waals surface area (Å²) in [5, 5.41) is 6.32. The quantitative estimate of drug-likeness (QED) is 0.910. The van der Waals surface area contributed by atoms with Gasteiger partial charge in [-0.3, -0.25) is 0 Å². The second kappa shape index (κ2) is 6.06. The molecule has 1 heterocycles. The Hall–Kier alpha value is -2.20. The van der Waals surface area contributed by atoms with Crippen LogP contribution in [0.2, 0.25) is 5.02 Å². The van der Waals surface area contributed by atoms with Crippen LogP contribution in [0.4, 0.5) is 10.5 Å².